The number of amides is 3. The summed E-state index contributed by atoms with van der Waals surface area (Å²) in [5, 5.41) is 27.2. The van der Waals surface area contributed by atoms with Gasteiger partial charge in [-0.05, 0) is 23.6 Å². The molecular formula is C28H33N5O7S. The van der Waals surface area contributed by atoms with Crippen LogP contribution in [0, 0.1) is 0 Å². The number of rotatable bonds is 15. The van der Waals surface area contributed by atoms with Crippen molar-refractivity contribution in [1.29, 1.82) is 0 Å². The number of aromatic amines is 1. The van der Waals surface area contributed by atoms with E-state index in [1.807, 2.05) is 24.3 Å². The summed E-state index contributed by atoms with van der Waals surface area (Å²) in [5.41, 5.74) is 7.98. The van der Waals surface area contributed by atoms with Crippen molar-refractivity contribution in [3.05, 3.63) is 71.9 Å². The van der Waals surface area contributed by atoms with Crippen LogP contribution in [0.2, 0.25) is 0 Å². The second-order valence-electron chi connectivity index (χ2n) is 9.50. The van der Waals surface area contributed by atoms with Crippen LogP contribution in [0.1, 0.15) is 24.0 Å². The summed E-state index contributed by atoms with van der Waals surface area (Å²) < 4.78 is 0. The molecule has 12 nitrogen and oxygen atoms in total. The number of nitrogens with one attached hydrogen (secondary N) is 4. The van der Waals surface area contributed by atoms with E-state index in [4.69, 9.17) is 5.73 Å². The number of H-pyrrole nitrogens is 1. The highest BCUT2D eigenvalue weighted by Crippen LogP contribution is 2.19. The van der Waals surface area contributed by atoms with Crippen LogP contribution in [-0.4, -0.2) is 74.8 Å². The number of benzene rings is 2. The number of aromatic nitrogens is 1. The number of fused-ring (bicyclic) bond motifs is 1. The molecular weight excluding hydrogens is 550 g/mol. The molecule has 3 rings (SSSR count). The minimum Gasteiger partial charge on any atom is -0.481 e. The molecule has 0 saturated carbocycles. The summed E-state index contributed by atoms with van der Waals surface area (Å²) in [6.07, 6.45) is 0.918. The zero-order valence-corrected chi connectivity index (χ0v) is 23.0. The third-order valence-electron chi connectivity index (χ3n) is 6.44. The quantitative estimate of drug-likeness (QED) is 0.119. The van der Waals surface area contributed by atoms with Gasteiger partial charge in [0.1, 0.15) is 18.1 Å². The number of carboxylic acids is 2. The maximum atomic E-state index is 13.5. The number of carbonyl (C=O) groups is 5. The van der Waals surface area contributed by atoms with Crippen molar-refractivity contribution in [1.82, 2.24) is 20.9 Å². The highest BCUT2D eigenvalue weighted by atomic mass is 32.1. The normalized spacial score (nSPS) is 13.9. The standard InChI is InChI=1S/C28H33N5O7S/c29-19(15-41)25(36)32-22(13-17-14-30-20-9-5-4-8-18(17)20)27(38)31-21(10-11-24(34)35)26(37)33-23(28(39)40)12-16-6-2-1-3-7-16/h1-9,14,19,21-23,30,41H,10-13,15,29H2,(H,31,38)(H,32,36)(H,33,37)(H,34,35)(H,39,40). The summed E-state index contributed by atoms with van der Waals surface area (Å²) in [7, 11) is 0. The van der Waals surface area contributed by atoms with Gasteiger partial charge in [-0.1, -0.05) is 48.5 Å². The second kappa shape index (κ2) is 14.9. The zero-order valence-electron chi connectivity index (χ0n) is 22.1. The fourth-order valence-corrected chi connectivity index (χ4v) is 4.39. The SMILES string of the molecule is NC(CS)C(=O)NC(Cc1c[nH]c2ccccc12)C(=O)NC(CCC(=O)O)C(=O)NC(Cc1ccccc1)C(=O)O. The molecule has 2 aromatic carbocycles. The maximum Gasteiger partial charge on any atom is 0.326 e. The van der Waals surface area contributed by atoms with Crippen molar-refractivity contribution in [2.24, 2.45) is 5.73 Å². The van der Waals surface area contributed by atoms with Crippen molar-refractivity contribution in [3.63, 3.8) is 0 Å². The monoisotopic (exact) mass is 583 g/mol. The number of hydrogen-bond acceptors (Lipinski definition) is 7. The molecule has 3 amide bonds. The smallest absolute Gasteiger partial charge is 0.326 e. The van der Waals surface area contributed by atoms with E-state index < -0.39 is 60.2 Å². The molecule has 4 atom stereocenters. The first kappa shape index (κ1) is 31.2. The van der Waals surface area contributed by atoms with Crippen LogP contribution in [0.15, 0.2) is 60.8 Å². The van der Waals surface area contributed by atoms with E-state index in [0.29, 0.717) is 11.1 Å². The van der Waals surface area contributed by atoms with Gasteiger partial charge in [-0.15, -0.1) is 0 Å². The molecule has 1 heterocycles. The largest absolute Gasteiger partial charge is 0.481 e. The lowest BCUT2D eigenvalue weighted by Gasteiger charge is -2.25. The minimum atomic E-state index is -1.39. The molecule has 0 radical (unpaired) electrons. The zero-order chi connectivity index (χ0) is 29.9. The summed E-state index contributed by atoms with van der Waals surface area (Å²) in [6, 6.07) is 11.1. The maximum absolute atomic E-state index is 13.5. The molecule has 4 unspecified atom stereocenters. The lowest BCUT2D eigenvalue weighted by atomic mass is 10.0. The molecule has 0 spiro atoms. The molecule has 13 heteroatoms. The first-order valence-electron chi connectivity index (χ1n) is 12.9. The van der Waals surface area contributed by atoms with Crippen molar-refractivity contribution in [3.8, 4) is 0 Å². The molecule has 218 valence electrons. The lowest BCUT2D eigenvalue weighted by Crippen LogP contribution is -2.58. The van der Waals surface area contributed by atoms with E-state index in [9.17, 15) is 34.2 Å². The topological polar surface area (TPSA) is 204 Å². The Kier molecular flexibility index (Phi) is 11.3. The molecule has 0 bridgehead atoms. The van der Waals surface area contributed by atoms with Gasteiger partial charge in [0.05, 0.1) is 6.04 Å². The number of hydrogen-bond donors (Lipinski definition) is 8. The average molecular weight is 584 g/mol. The van der Waals surface area contributed by atoms with Gasteiger partial charge in [-0.25, -0.2) is 4.79 Å². The van der Waals surface area contributed by atoms with Crippen molar-refractivity contribution >= 4 is 53.2 Å². The third-order valence-corrected chi connectivity index (χ3v) is 6.84. The number of aliphatic carboxylic acids is 2. The van der Waals surface area contributed by atoms with E-state index in [0.717, 1.165) is 10.9 Å². The number of carbonyl (C=O) groups excluding carboxylic acids is 3. The average Bonchev–Trinajstić information content (AvgIpc) is 3.36. The fourth-order valence-electron chi connectivity index (χ4n) is 4.22. The molecule has 41 heavy (non-hydrogen) atoms. The van der Waals surface area contributed by atoms with Crippen LogP contribution in [0.5, 0.6) is 0 Å². The van der Waals surface area contributed by atoms with Crippen LogP contribution in [0.3, 0.4) is 0 Å². The lowest BCUT2D eigenvalue weighted by molar-refractivity contribution is -0.143. The highest BCUT2D eigenvalue weighted by Gasteiger charge is 2.31. The minimum absolute atomic E-state index is 0.0227. The van der Waals surface area contributed by atoms with E-state index >= 15 is 0 Å². The van der Waals surface area contributed by atoms with Gasteiger partial charge in [0.25, 0.3) is 0 Å². The van der Waals surface area contributed by atoms with Crippen molar-refractivity contribution in [2.75, 3.05) is 5.75 Å². The van der Waals surface area contributed by atoms with Crippen LogP contribution in [-0.2, 0) is 36.8 Å². The molecule has 0 saturated heterocycles. The number of nitrogens with two attached hydrogens (primary N) is 1. The second-order valence-corrected chi connectivity index (χ2v) is 9.86. The number of carboxylic acid groups (broad SMARTS) is 2. The Morgan fingerprint density at radius 3 is 2.07 bits per heavy atom. The Morgan fingerprint density at radius 1 is 0.805 bits per heavy atom. The Hall–Kier alpha value is -4.36. The number of thiol groups is 1. The summed E-state index contributed by atoms with van der Waals surface area (Å²) in [4.78, 5) is 65.6. The summed E-state index contributed by atoms with van der Waals surface area (Å²) >= 11 is 4.03. The highest BCUT2D eigenvalue weighted by molar-refractivity contribution is 7.80. The van der Waals surface area contributed by atoms with Gasteiger partial charge >= 0.3 is 11.9 Å². The molecule has 8 N–H and O–H groups in total. The van der Waals surface area contributed by atoms with E-state index in [-0.39, 0.29) is 25.0 Å². The van der Waals surface area contributed by atoms with Crippen LogP contribution < -0.4 is 21.7 Å². The number of para-hydroxylation sites is 1. The molecule has 0 aliphatic heterocycles. The van der Waals surface area contributed by atoms with E-state index in [1.165, 1.54) is 0 Å². The van der Waals surface area contributed by atoms with Gasteiger partial charge in [0, 0.05) is 42.1 Å². The van der Waals surface area contributed by atoms with Gasteiger partial charge in [0.2, 0.25) is 17.7 Å². The Morgan fingerprint density at radius 2 is 1.41 bits per heavy atom. The van der Waals surface area contributed by atoms with Gasteiger partial charge in [-0.3, -0.25) is 19.2 Å². The third kappa shape index (κ3) is 9.08. The van der Waals surface area contributed by atoms with Crippen molar-refractivity contribution in [2.45, 2.75) is 49.9 Å². The fraction of sp³-hybridized carbons (Fsp3) is 0.321. The van der Waals surface area contributed by atoms with Gasteiger partial charge in [0.15, 0.2) is 0 Å². The van der Waals surface area contributed by atoms with Crippen LogP contribution in [0.25, 0.3) is 10.9 Å². The summed E-state index contributed by atoms with van der Waals surface area (Å²) in [6.45, 7) is 0. The first-order valence-corrected chi connectivity index (χ1v) is 13.5. The Balaban J connectivity index is 1.82. The van der Waals surface area contributed by atoms with Crippen molar-refractivity contribution < 1.29 is 34.2 Å². The predicted molar refractivity (Wildman–Crippen MR) is 154 cm³/mol. The Bertz CT molecular complexity index is 1380. The molecule has 0 aliphatic carbocycles. The van der Waals surface area contributed by atoms with Gasteiger partial charge < -0.3 is 36.9 Å². The van der Waals surface area contributed by atoms with E-state index in [2.05, 4.69) is 33.6 Å². The van der Waals surface area contributed by atoms with E-state index in [1.54, 1.807) is 36.5 Å². The molecule has 3 aromatic rings. The van der Waals surface area contributed by atoms with Gasteiger partial charge in [-0.2, -0.15) is 12.6 Å². The van der Waals surface area contributed by atoms with Crippen LogP contribution in [0.4, 0.5) is 0 Å². The molecule has 0 fully saturated rings. The van der Waals surface area contributed by atoms with Crippen LogP contribution >= 0.6 is 12.6 Å². The Labute approximate surface area is 241 Å². The first-order chi connectivity index (χ1) is 19.6. The molecule has 0 aliphatic rings. The predicted octanol–water partition coefficient (Wildman–Crippen LogP) is 0.614. The summed E-state index contributed by atoms with van der Waals surface area (Å²) in [5.74, 6) is -4.76. The molecule has 1 aromatic heterocycles.